The topological polar surface area (TPSA) is 47.3 Å². The number of methoxy groups -OCH3 is 1. The van der Waals surface area contributed by atoms with E-state index in [9.17, 15) is 0 Å². The zero-order valence-electron chi connectivity index (χ0n) is 11.0. The first-order chi connectivity index (χ1) is 8.19. The van der Waals surface area contributed by atoms with Gasteiger partial charge in [-0.15, -0.1) is 0 Å². The van der Waals surface area contributed by atoms with Gasteiger partial charge in [-0.2, -0.15) is 0 Å². The Labute approximate surface area is 104 Å². The molecule has 0 aliphatic carbocycles. The fourth-order valence-corrected chi connectivity index (χ4v) is 2.01. The van der Waals surface area contributed by atoms with Crippen molar-refractivity contribution in [3.8, 4) is 0 Å². The number of rotatable bonds is 7. The lowest BCUT2D eigenvalue weighted by Gasteiger charge is -2.26. The van der Waals surface area contributed by atoms with Crippen molar-refractivity contribution < 1.29 is 4.74 Å². The first kappa shape index (κ1) is 14.2. The van der Waals surface area contributed by atoms with Crippen LogP contribution in [0.1, 0.15) is 38.4 Å². The fraction of sp³-hybridized carbons (Fsp3) is 0.571. The van der Waals surface area contributed by atoms with E-state index < -0.39 is 0 Å². The molecule has 0 fully saturated rings. The molecule has 0 bridgehead atoms. The molecule has 0 aliphatic heterocycles. The summed E-state index contributed by atoms with van der Waals surface area (Å²) in [4.78, 5) is 0. The minimum absolute atomic E-state index is 0.0138. The largest absolute Gasteiger partial charge is 0.375 e. The van der Waals surface area contributed by atoms with Crippen LogP contribution in [0.5, 0.6) is 0 Å². The molecule has 2 unspecified atom stereocenters. The number of hydrogen-bond donors (Lipinski definition) is 2. The number of benzene rings is 1. The zero-order chi connectivity index (χ0) is 12.7. The Morgan fingerprint density at radius 1 is 1.18 bits per heavy atom. The van der Waals surface area contributed by atoms with Crippen LogP contribution in [0, 0.1) is 5.92 Å². The van der Waals surface area contributed by atoms with Crippen LogP contribution in [0.4, 0.5) is 0 Å². The third-order valence-electron chi connectivity index (χ3n) is 3.02. The van der Waals surface area contributed by atoms with Crippen LogP contribution in [0.2, 0.25) is 0 Å². The summed E-state index contributed by atoms with van der Waals surface area (Å²) in [6, 6.07) is 10.4. The molecule has 3 N–H and O–H groups in total. The lowest BCUT2D eigenvalue weighted by atomic mass is 9.95. The number of ether oxygens (including phenoxy) is 1. The van der Waals surface area contributed by atoms with Gasteiger partial charge in [0.25, 0.3) is 0 Å². The maximum absolute atomic E-state index is 5.64. The highest BCUT2D eigenvalue weighted by atomic mass is 16.5. The maximum atomic E-state index is 5.64. The lowest BCUT2D eigenvalue weighted by Crippen LogP contribution is -2.40. The molecule has 1 aromatic carbocycles. The van der Waals surface area contributed by atoms with E-state index in [1.807, 2.05) is 18.2 Å². The van der Waals surface area contributed by atoms with Crippen molar-refractivity contribution in [3.05, 3.63) is 35.9 Å². The second-order valence-electron chi connectivity index (χ2n) is 4.81. The Morgan fingerprint density at radius 2 is 1.82 bits per heavy atom. The van der Waals surface area contributed by atoms with Crippen LogP contribution in [0.15, 0.2) is 30.3 Å². The van der Waals surface area contributed by atoms with E-state index in [0.29, 0.717) is 5.92 Å². The van der Waals surface area contributed by atoms with E-state index >= 15 is 0 Å². The molecular weight excluding hydrogens is 212 g/mol. The van der Waals surface area contributed by atoms with Gasteiger partial charge >= 0.3 is 0 Å². The number of nitrogens with two attached hydrogens (primary N) is 1. The first-order valence-electron chi connectivity index (χ1n) is 6.23. The average Bonchev–Trinajstić information content (AvgIpc) is 2.35. The van der Waals surface area contributed by atoms with Gasteiger partial charge in [0.2, 0.25) is 0 Å². The number of hydrogen-bond acceptors (Lipinski definition) is 3. The monoisotopic (exact) mass is 236 g/mol. The molecule has 0 aromatic heterocycles. The average molecular weight is 236 g/mol. The highest BCUT2D eigenvalue weighted by Crippen LogP contribution is 2.23. The van der Waals surface area contributed by atoms with Crippen LogP contribution in [0.25, 0.3) is 0 Å². The molecule has 0 spiro atoms. The number of nitrogens with one attached hydrogen (secondary N) is 1. The predicted molar refractivity (Wildman–Crippen MR) is 71.4 cm³/mol. The molecule has 2 atom stereocenters. The van der Waals surface area contributed by atoms with E-state index in [2.05, 4.69) is 31.4 Å². The summed E-state index contributed by atoms with van der Waals surface area (Å²) in [6.45, 7) is 4.44. The predicted octanol–water partition coefficient (Wildman–Crippen LogP) is 2.64. The van der Waals surface area contributed by atoms with Gasteiger partial charge < -0.3 is 4.74 Å². The van der Waals surface area contributed by atoms with Gasteiger partial charge in [0.15, 0.2) is 0 Å². The van der Waals surface area contributed by atoms with Gasteiger partial charge in [-0.05, 0) is 24.3 Å². The summed E-state index contributed by atoms with van der Waals surface area (Å²) in [6.07, 6.45) is 2.17. The van der Waals surface area contributed by atoms with E-state index in [4.69, 9.17) is 10.6 Å². The number of hydrazine groups is 1. The lowest BCUT2D eigenvalue weighted by molar-refractivity contribution is 0.0631. The minimum Gasteiger partial charge on any atom is -0.375 e. The molecule has 0 radical (unpaired) electrons. The smallest absolute Gasteiger partial charge is 0.0987 e. The van der Waals surface area contributed by atoms with E-state index in [-0.39, 0.29) is 12.1 Å². The summed E-state index contributed by atoms with van der Waals surface area (Å²) in [7, 11) is 1.73. The third-order valence-corrected chi connectivity index (χ3v) is 3.02. The molecule has 0 heterocycles. The molecule has 1 aromatic rings. The second-order valence-corrected chi connectivity index (χ2v) is 4.81. The third kappa shape index (κ3) is 4.46. The zero-order valence-corrected chi connectivity index (χ0v) is 11.0. The Hall–Kier alpha value is -0.900. The van der Waals surface area contributed by atoms with Crippen molar-refractivity contribution in [2.75, 3.05) is 7.11 Å². The molecule has 3 heteroatoms. The Balaban J connectivity index is 2.70. The molecule has 0 amide bonds. The van der Waals surface area contributed by atoms with Gasteiger partial charge in [-0.1, -0.05) is 44.2 Å². The van der Waals surface area contributed by atoms with Crippen LogP contribution < -0.4 is 11.3 Å². The molecule has 3 nitrogen and oxygen atoms in total. The van der Waals surface area contributed by atoms with Gasteiger partial charge in [0, 0.05) is 7.11 Å². The van der Waals surface area contributed by atoms with Crippen molar-refractivity contribution in [1.29, 1.82) is 0 Å². The summed E-state index contributed by atoms with van der Waals surface area (Å²) in [5.41, 5.74) is 4.05. The Bertz CT molecular complexity index is 300. The standard InChI is InChI=1S/C14H24N2O/c1-11(2)9-10-13(16-15)14(17-3)12-7-5-4-6-8-12/h4-8,11,13-14,16H,9-10,15H2,1-3H3. The molecular formula is C14H24N2O. The van der Waals surface area contributed by atoms with Crippen LogP contribution in [-0.4, -0.2) is 13.2 Å². The summed E-state index contributed by atoms with van der Waals surface area (Å²) in [5.74, 6) is 6.32. The molecule has 0 saturated carbocycles. The molecule has 17 heavy (non-hydrogen) atoms. The van der Waals surface area contributed by atoms with Crippen molar-refractivity contribution in [3.63, 3.8) is 0 Å². The molecule has 96 valence electrons. The molecule has 0 aliphatic rings. The SMILES string of the molecule is COC(c1ccccc1)C(CCC(C)C)NN. The highest BCUT2D eigenvalue weighted by Gasteiger charge is 2.21. The van der Waals surface area contributed by atoms with Gasteiger partial charge in [-0.25, -0.2) is 0 Å². The van der Waals surface area contributed by atoms with Crippen LogP contribution in [-0.2, 0) is 4.74 Å². The second kappa shape index (κ2) is 7.43. The fourth-order valence-electron chi connectivity index (χ4n) is 2.01. The van der Waals surface area contributed by atoms with Crippen molar-refractivity contribution in [2.24, 2.45) is 11.8 Å². The van der Waals surface area contributed by atoms with E-state index in [1.54, 1.807) is 7.11 Å². The van der Waals surface area contributed by atoms with E-state index in [1.165, 1.54) is 5.56 Å². The van der Waals surface area contributed by atoms with Gasteiger partial charge in [0.05, 0.1) is 12.1 Å². The van der Waals surface area contributed by atoms with Crippen molar-refractivity contribution >= 4 is 0 Å². The Morgan fingerprint density at radius 3 is 2.29 bits per heavy atom. The quantitative estimate of drug-likeness (QED) is 0.565. The summed E-state index contributed by atoms with van der Waals surface area (Å²) in [5, 5.41) is 0. The maximum Gasteiger partial charge on any atom is 0.0987 e. The minimum atomic E-state index is 0.0138. The summed E-state index contributed by atoms with van der Waals surface area (Å²) < 4.78 is 5.58. The van der Waals surface area contributed by atoms with E-state index in [0.717, 1.165) is 12.8 Å². The van der Waals surface area contributed by atoms with Crippen molar-refractivity contribution in [1.82, 2.24) is 5.43 Å². The highest BCUT2D eigenvalue weighted by molar-refractivity contribution is 5.19. The van der Waals surface area contributed by atoms with Crippen LogP contribution in [0.3, 0.4) is 0 Å². The Kier molecular flexibility index (Phi) is 6.19. The van der Waals surface area contributed by atoms with Gasteiger partial charge in [0.1, 0.15) is 0 Å². The summed E-state index contributed by atoms with van der Waals surface area (Å²) >= 11 is 0. The normalized spacial score (nSPS) is 14.9. The van der Waals surface area contributed by atoms with Crippen molar-refractivity contribution in [2.45, 2.75) is 38.8 Å². The van der Waals surface area contributed by atoms with Crippen LogP contribution >= 0.6 is 0 Å². The first-order valence-corrected chi connectivity index (χ1v) is 6.23. The molecule has 1 rings (SSSR count). The van der Waals surface area contributed by atoms with Gasteiger partial charge in [-0.3, -0.25) is 11.3 Å². The molecule has 0 saturated heterocycles.